The largest absolute Gasteiger partial charge is 0.394 e. The van der Waals surface area contributed by atoms with Crippen molar-refractivity contribution in [1.29, 1.82) is 0 Å². The molecule has 0 radical (unpaired) electrons. The summed E-state index contributed by atoms with van der Waals surface area (Å²) in [6.45, 7) is 3.82. The molecule has 6 N–H and O–H groups in total. The van der Waals surface area contributed by atoms with Gasteiger partial charge in [0.25, 0.3) is 0 Å². The fraction of sp³-hybridized carbons (Fsp3) is 0.870. The number of aliphatic hydroxyl groups is 5. The average Bonchev–Trinajstić information content (AvgIpc) is 3.28. The van der Waals surface area contributed by atoms with E-state index < -0.39 is 49.5 Å². The minimum Gasteiger partial charge on any atom is -0.394 e. The van der Waals surface area contributed by atoms with Gasteiger partial charge < -0.3 is 40.3 Å². The number of allylic oxidation sites excluding steroid dienone is 6. The molecule has 370 valence electrons. The van der Waals surface area contributed by atoms with Crippen molar-refractivity contribution in [2.24, 2.45) is 0 Å². The van der Waals surface area contributed by atoms with Gasteiger partial charge in [-0.1, -0.05) is 224 Å². The number of ether oxygens (including phenoxy) is 2. The van der Waals surface area contributed by atoms with Crippen LogP contribution in [0.1, 0.15) is 245 Å². The van der Waals surface area contributed by atoms with Crippen molar-refractivity contribution in [3.63, 3.8) is 0 Å². The first-order chi connectivity index (χ1) is 30.8. The molecule has 0 saturated carbocycles. The van der Waals surface area contributed by atoms with Gasteiger partial charge in [-0.3, -0.25) is 4.79 Å². The zero-order chi connectivity index (χ0) is 45.9. The molecule has 1 amide bonds. The van der Waals surface area contributed by atoms with E-state index in [0.29, 0.717) is 12.8 Å². The molecule has 63 heavy (non-hydrogen) atoms. The van der Waals surface area contributed by atoms with Crippen LogP contribution in [0.3, 0.4) is 0 Å². The van der Waals surface area contributed by atoms with Crippen LogP contribution in [0.15, 0.2) is 36.5 Å². The Balaban J connectivity index is 2.15. The highest BCUT2D eigenvalue weighted by molar-refractivity contribution is 5.76. The number of amides is 1. The molecule has 0 aromatic carbocycles. The zero-order valence-corrected chi connectivity index (χ0v) is 40.8. The van der Waals surface area contributed by atoms with Crippen molar-refractivity contribution >= 4 is 5.91 Å². The molecule has 1 fully saturated rings. The summed E-state index contributed by atoms with van der Waals surface area (Å²) in [4.78, 5) is 13.0. The zero-order valence-electron chi connectivity index (χ0n) is 40.8. The van der Waals surface area contributed by atoms with Crippen molar-refractivity contribution in [2.75, 3.05) is 13.2 Å². The third-order valence-electron chi connectivity index (χ3n) is 12.7. The van der Waals surface area contributed by atoms with Gasteiger partial charge in [-0.05, 0) is 51.4 Å². The predicted molar refractivity (Wildman–Crippen MR) is 263 cm³/mol. The first kappa shape index (κ1) is 59.4. The van der Waals surface area contributed by atoms with Crippen LogP contribution in [0, 0.1) is 0 Å². The molecule has 1 aliphatic heterocycles. The molecular weight excluding hydrogens is 791 g/mol. The summed E-state index contributed by atoms with van der Waals surface area (Å²) < 4.78 is 11.3. The lowest BCUT2D eigenvalue weighted by atomic mass is 9.99. The van der Waals surface area contributed by atoms with Crippen LogP contribution in [0.4, 0.5) is 0 Å². The fourth-order valence-corrected chi connectivity index (χ4v) is 8.46. The highest BCUT2D eigenvalue weighted by Crippen LogP contribution is 2.23. The first-order valence-corrected chi connectivity index (χ1v) is 26.7. The predicted octanol–water partition coefficient (Wildman–Crippen LogP) is 12.4. The van der Waals surface area contributed by atoms with Crippen molar-refractivity contribution in [2.45, 2.75) is 288 Å². The van der Waals surface area contributed by atoms with E-state index in [1.807, 2.05) is 0 Å². The van der Waals surface area contributed by atoms with Crippen molar-refractivity contribution in [3.05, 3.63) is 36.5 Å². The Morgan fingerprint density at radius 1 is 0.540 bits per heavy atom. The van der Waals surface area contributed by atoms with E-state index in [1.165, 1.54) is 167 Å². The standard InChI is InChI=1S/C54H101NO8/c1-3-5-7-9-11-13-15-16-17-18-19-20-21-22-23-24-25-26-27-28-29-30-31-32-34-36-38-40-42-44-50(58)55-47(46-62-54-53(61)52(60)51(59)49(45-56)63-54)48(57)43-41-39-37-35-33-14-12-10-8-6-4-2/h15-16,18-19,21-22,47-49,51-54,56-57,59-61H,3-14,17,20,23-46H2,1-2H3,(H,55,58)/b16-15-,19-18-,22-21-. The molecule has 1 aliphatic rings. The van der Waals surface area contributed by atoms with Crippen molar-refractivity contribution < 1.29 is 39.8 Å². The highest BCUT2D eigenvalue weighted by Gasteiger charge is 2.44. The normalized spacial score (nSPS) is 20.4. The smallest absolute Gasteiger partial charge is 0.220 e. The van der Waals surface area contributed by atoms with E-state index >= 15 is 0 Å². The number of nitrogens with one attached hydrogen (secondary N) is 1. The molecule has 1 heterocycles. The lowest BCUT2D eigenvalue weighted by molar-refractivity contribution is -0.302. The molecule has 0 aliphatic carbocycles. The summed E-state index contributed by atoms with van der Waals surface area (Å²) in [5, 5.41) is 54.4. The highest BCUT2D eigenvalue weighted by atomic mass is 16.7. The van der Waals surface area contributed by atoms with Crippen molar-refractivity contribution in [1.82, 2.24) is 5.32 Å². The minimum absolute atomic E-state index is 0.137. The maximum atomic E-state index is 13.0. The summed E-state index contributed by atoms with van der Waals surface area (Å²) in [7, 11) is 0. The number of unbranched alkanes of at least 4 members (excludes halogenated alkanes) is 29. The molecule has 0 aromatic rings. The van der Waals surface area contributed by atoms with E-state index in [2.05, 4.69) is 55.6 Å². The number of hydrogen-bond acceptors (Lipinski definition) is 8. The summed E-state index contributed by atoms with van der Waals surface area (Å²) in [5.41, 5.74) is 0. The van der Waals surface area contributed by atoms with Gasteiger partial charge in [0.15, 0.2) is 6.29 Å². The summed E-state index contributed by atoms with van der Waals surface area (Å²) in [5.74, 6) is -0.145. The van der Waals surface area contributed by atoms with E-state index in [1.54, 1.807) is 0 Å². The molecule has 0 aromatic heterocycles. The summed E-state index contributed by atoms with van der Waals surface area (Å²) >= 11 is 0. The molecule has 9 heteroatoms. The number of hydrogen-bond donors (Lipinski definition) is 6. The Hall–Kier alpha value is -1.59. The molecule has 9 nitrogen and oxygen atoms in total. The third kappa shape index (κ3) is 34.4. The van der Waals surface area contributed by atoms with Gasteiger partial charge in [-0.2, -0.15) is 0 Å². The molecule has 1 rings (SSSR count). The topological polar surface area (TPSA) is 149 Å². The Morgan fingerprint density at radius 2 is 0.937 bits per heavy atom. The van der Waals surface area contributed by atoms with Gasteiger partial charge in [0.1, 0.15) is 24.4 Å². The molecule has 0 spiro atoms. The van der Waals surface area contributed by atoms with Gasteiger partial charge in [-0.15, -0.1) is 0 Å². The number of carbonyl (C=O) groups is 1. The van der Waals surface area contributed by atoms with Crippen LogP contribution >= 0.6 is 0 Å². The molecule has 7 unspecified atom stereocenters. The van der Waals surface area contributed by atoms with Crippen LogP contribution in [-0.4, -0.2) is 87.5 Å². The molecule has 7 atom stereocenters. The fourth-order valence-electron chi connectivity index (χ4n) is 8.46. The van der Waals surface area contributed by atoms with Crippen LogP contribution in [0.25, 0.3) is 0 Å². The van der Waals surface area contributed by atoms with Gasteiger partial charge in [0, 0.05) is 6.42 Å². The Bertz CT molecular complexity index is 1080. The quantitative estimate of drug-likeness (QED) is 0.0261. The second-order valence-corrected chi connectivity index (χ2v) is 18.7. The maximum Gasteiger partial charge on any atom is 0.220 e. The average molecular weight is 892 g/mol. The third-order valence-corrected chi connectivity index (χ3v) is 12.7. The Kier molecular flexibility index (Phi) is 41.7. The molecule has 1 saturated heterocycles. The lowest BCUT2D eigenvalue weighted by Crippen LogP contribution is -2.60. The molecular formula is C54H101NO8. The van der Waals surface area contributed by atoms with Crippen LogP contribution in [0.2, 0.25) is 0 Å². The monoisotopic (exact) mass is 892 g/mol. The van der Waals surface area contributed by atoms with E-state index in [0.717, 1.165) is 51.4 Å². The number of carbonyl (C=O) groups excluding carboxylic acids is 1. The second-order valence-electron chi connectivity index (χ2n) is 18.7. The van der Waals surface area contributed by atoms with Crippen molar-refractivity contribution in [3.8, 4) is 0 Å². The first-order valence-electron chi connectivity index (χ1n) is 26.7. The SMILES string of the molecule is CCCCCCC/C=C\C/C=C\C/C=C\CCCCCCCCCCCCCCCCC(=O)NC(COC1OC(CO)C(O)C(O)C1O)C(O)CCCCCCCCCCCCC. The second kappa shape index (κ2) is 44.3. The summed E-state index contributed by atoms with van der Waals surface area (Å²) in [6.07, 6.45) is 48.9. The van der Waals surface area contributed by atoms with E-state index in [9.17, 15) is 30.3 Å². The van der Waals surface area contributed by atoms with E-state index in [-0.39, 0.29) is 12.5 Å². The lowest BCUT2D eigenvalue weighted by Gasteiger charge is -2.40. The maximum absolute atomic E-state index is 13.0. The summed E-state index contributed by atoms with van der Waals surface area (Å²) in [6, 6.07) is -0.717. The van der Waals surface area contributed by atoms with Crippen LogP contribution < -0.4 is 5.32 Å². The van der Waals surface area contributed by atoms with Gasteiger partial charge in [0.05, 0.1) is 25.4 Å². The van der Waals surface area contributed by atoms with Gasteiger partial charge in [0.2, 0.25) is 5.91 Å². The number of rotatable bonds is 45. The molecule has 0 bridgehead atoms. The van der Waals surface area contributed by atoms with E-state index in [4.69, 9.17) is 9.47 Å². The van der Waals surface area contributed by atoms with Crippen LogP contribution in [-0.2, 0) is 14.3 Å². The Morgan fingerprint density at radius 3 is 1.38 bits per heavy atom. The minimum atomic E-state index is -1.55. The van der Waals surface area contributed by atoms with Gasteiger partial charge >= 0.3 is 0 Å². The van der Waals surface area contributed by atoms with Crippen LogP contribution in [0.5, 0.6) is 0 Å². The van der Waals surface area contributed by atoms with Gasteiger partial charge in [-0.25, -0.2) is 0 Å². The Labute approximate surface area is 387 Å². The number of aliphatic hydroxyl groups excluding tert-OH is 5.